The molecule has 0 fully saturated rings. The van der Waals surface area contributed by atoms with E-state index in [4.69, 9.17) is 0 Å². The van der Waals surface area contributed by atoms with Gasteiger partial charge >= 0.3 is 0 Å². The summed E-state index contributed by atoms with van der Waals surface area (Å²) in [7, 11) is 1.60. The molecule has 0 saturated heterocycles. The number of carbonyl (C=O) groups is 1. The molecule has 1 N–H and O–H groups in total. The van der Waals surface area contributed by atoms with E-state index in [1.54, 1.807) is 31.6 Å². The summed E-state index contributed by atoms with van der Waals surface area (Å²) in [5.41, 5.74) is 0.0402. The van der Waals surface area contributed by atoms with Crippen LogP contribution in [0, 0.1) is 5.82 Å². The Bertz CT molecular complexity index is 556. The van der Waals surface area contributed by atoms with Gasteiger partial charge in [0, 0.05) is 19.4 Å². The zero-order valence-corrected chi connectivity index (χ0v) is 11.2. The van der Waals surface area contributed by atoms with E-state index < -0.39 is 5.82 Å². The molecule has 0 saturated carbocycles. The molecule has 0 aliphatic rings. The number of nitrogens with zero attached hydrogens (tertiary/aromatic N) is 2. The Morgan fingerprint density at radius 3 is 3.00 bits per heavy atom. The normalized spacial score (nSPS) is 10.4. The number of amides is 1. The highest BCUT2D eigenvalue weighted by molar-refractivity contribution is 9.10. The molecule has 0 spiro atoms. The standard InChI is InChI=1S/C12H11BrFN3O/c1-17(7-10-15-5-6-16-10)12(18)8-3-2-4-9(13)11(8)14/h2-6H,7H2,1H3,(H,15,16). The van der Waals surface area contributed by atoms with Crippen molar-refractivity contribution in [2.45, 2.75) is 6.54 Å². The maximum absolute atomic E-state index is 13.8. The fourth-order valence-electron chi connectivity index (χ4n) is 1.56. The molecule has 94 valence electrons. The van der Waals surface area contributed by atoms with Crippen LogP contribution >= 0.6 is 15.9 Å². The van der Waals surface area contributed by atoms with Gasteiger partial charge in [0.15, 0.2) is 0 Å². The van der Waals surface area contributed by atoms with Crippen LogP contribution in [0.4, 0.5) is 4.39 Å². The summed E-state index contributed by atoms with van der Waals surface area (Å²) in [5.74, 6) is -0.278. The van der Waals surface area contributed by atoms with Crippen molar-refractivity contribution >= 4 is 21.8 Å². The summed E-state index contributed by atoms with van der Waals surface area (Å²) >= 11 is 3.06. The Hall–Kier alpha value is -1.69. The number of hydrogen-bond acceptors (Lipinski definition) is 2. The predicted octanol–water partition coefficient (Wildman–Crippen LogP) is 2.58. The van der Waals surface area contributed by atoms with Crippen LogP contribution in [0.2, 0.25) is 0 Å². The lowest BCUT2D eigenvalue weighted by molar-refractivity contribution is 0.0777. The summed E-state index contributed by atoms with van der Waals surface area (Å²) < 4.78 is 14.1. The molecule has 1 aromatic heterocycles. The summed E-state index contributed by atoms with van der Waals surface area (Å²) in [6.07, 6.45) is 3.28. The van der Waals surface area contributed by atoms with Gasteiger partial charge in [0.1, 0.15) is 11.6 Å². The second-order valence-corrected chi connectivity index (χ2v) is 4.65. The fourth-order valence-corrected chi connectivity index (χ4v) is 1.92. The highest BCUT2D eigenvalue weighted by Gasteiger charge is 2.18. The monoisotopic (exact) mass is 311 g/mol. The zero-order valence-electron chi connectivity index (χ0n) is 9.65. The van der Waals surface area contributed by atoms with Crippen LogP contribution in [0.5, 0.6) is 0 Å². The molecule has 4 nitrogen and oxygen atoms in total. The molecule has 0 aliphatic heterocycles. The maximum atomic E-state index is 13.8. The van der Waals surface area contributed by atoms with Crippen molar-refractivity contribution in [2.24, 2.45) is 0 Å². The Morgan fingerprint density at radius 1 is 1.56 bits per heavy atom. The Kier molecular flexibility index (Phi) is 3.76. The second-order valence-electron chi connectivity index (χ2n) is 3.80. The van der Waals surface area contributed by atoms with Gasteiger partial charge < -0.3 is 9.88 Å². The first-order valence-corrected chi connectivity index (χ1v) is 6.06. The molecule has 1 amide bonds. The van der Waals surface area contributed by atoms with Crippen LogP contribution in [0.25, 0.3) is 0 Å². The van der Waals surface area contributed by atoms with Crippen LogP contribution < -0.4 is 0 Å². The van der Waals surface area contributed by atoms with Gasteiger partial charge in [-0.15, -0.1) is 0 Å². The molecule has 2 aromatic rings. The lowest BCUT2D eigenvalue weighted by Crippen LogP contribution is -2.27. The molecule has 1 aromatic carbocycles. The number of nitrogens with one attached hydrogen (secondary N) is 1. The number of aromatic amines is 1. The molecule has 1 heterocycles. The van der Waals surface area contributed by atoms with Crippen molar-refractivity contribution in [1.29, 1.82) is 0 Å². The minimum absolute atomic E-state index is 0.0402. The van der Waals surface area contributed by atoms with Crippen molar-refractivity contribution in [3.63, 3.8) is 0 Å². The maximum Gasteiger partial charge on any atom is 0.257 e. The Labute approximate surface area is 112 Å². The van der Waals surface area contributed by atoms with Crippen molar-refractivity contribution in [2.75, 3.05) is 7.05 Å². The predicted molar refractivity (Wildman–Crippen MR) is 68.5 cm³/mol. The van der Waals surface area contributed by atoms with E-state index in [-0.39, 0.29) is 15.9 Å². The molecule has 0 unspecified atom stereocenters. The molecule has 6 heteroatoms. The van der Waals surface area contributed by atoms with Crippen LogP contribution in [0.3, 0.4) is 0 Å². The van der Waals surface area contributed by atoms with Crippen molar-refractivity contribution < 1.29 is 9.18 Å². The topological polar surface area (TPSA) is 49.0 Å². The van der Waals surface area contributed by atoms with Crippen LogP contribution in [-0.2, 0) is 6.54 Å². The molecule has 0 radical (unpaired) electrons. The summed E-state index contributed by atoms with van der Waals surface area (Å²) in [4.78, 5) is 20.4. The van der Waals surface area contributed by atoms with Crippen LogP contribution in [0.1, 0.15) is 16.2 Å². The van der Waals surface area contributed by atoms with Crippen molar-refractivity contribution in [3.8, 4) is 0 Å². The minimum atomic E-state index is -0.547. The average molecular weight is 312 g/mol. The van der Waals surface area contributed by atoms with E-state index in [1.807, 2.05) is 0 Å². The van der Waals surface area contributed by atoms with Gasteiger partial charge in [0.25, 0.3) is 5.91 Å². The quantitative estimate of drug-likeness (QED) is 0.947. The molecule has 18 heavy (non-hydrogen) atoms. The van der Waals surface area contributed by atoms with E-state index in [9.17, 15) is 9.18 Å². The van der Waals surface area contributed by atoms with Crippen molar-refractivity contribution in [1.82, 2.24) is 14.9 Å². The minimum Gasteiger partial charge on any atom is -0.347 e. The lowest BCUT2D eigenvalue weighted by Gasteiger charge is -2.16. The number of H-pyrrole nitrogens is 1. The second kappa shape index (κ2) is 5.30. The largest absolute Gasteiger partial charge is 0.347 e. The lowest BCUT2D eigenvalue weighted by atomic mass is 10.2. The van der Waals surface area contributed by atoms with Crippen molar-refractivity contribution in [3.05, 3.63) is 52.3 Å². The van der Waals surface area contributed by atoms with E-state index in [1.165, 1.54) is 11.0 Å². The van der Waals surface area contributed by atoms with E-state index in [0.29, 0.717) is 12.4 Å². The summed E-state index contributed by atoms with van der Waals surface area (Å²) in [5, 5.41) is 0. The third-order valence-electron chi connectivity index (χ3n) is 2.47. The van der Waals surface area contributed by atoms with Gasteiger partial charge in [-0.05, 0) is 28.1 Å². The van der Waals surface area contributed by atoms with Gasteiger partial charge in [0.05, 0.1) is 16.6 Å². The third kappa shape index (κ3) is 2.59. The highest BCUT2D eigenvalue weighted by Crippen LogP contribution is 2.19. The van der Waals surface area contributed by atoms with Gasteiger partial charge in [-0.1, -0.05) is 6.07 Å². The molecule has 0 aliphatic carbocycles. The molecule has 0 bridgehead atoms. The number of imidazole rings is 1. The molecule has 2 rings (SSSR count). The third-order valence-corrected chi connectivity index (χ3v) is 3.08. The SMILES string of the molecule is CN(Cc1ncc[nH]1)C(=O)c1cccc(Br)c1F. The van der Waals surface area contributed by atoms with E-state index >= 15 is 0 Å². The first-order chi connectivity index (χ1) is 8.59. The molecule has 0 atom stereocenters. The van der Waals surface area contributed by atoms with Gasteiger partial charge in [0.2, 0.25) is 0 Å². The van der Waals surface area contributed by atoms with Crippen LogP contribution in [0.15, 0.2) is 35.1 Å². The zero-order chi connectivity index (χ0) is 13.1. The number of aromatic nitrogens is 2. The first-order valence-electron chi connectivity index (χ1n) is 5.27. The summed E-state index contributed by atoms with van der Waals surface area (Å²) in [6, 6.07) is 4.64. The Morgan fingerprint density at radius 2 is 2.33 bits per heavy atom. The summed E-state index contributed by atoms with van der Waals surface area (Å²) in [6.45, 7) is 0.303. The van der Waals surface area contributed by atoms with E-state index in [0.717, 1.165) is 0 Å². The number of halogens is 2. The highest BCUT2D eigenvalue weighted by atomic mass is 79.9. The number of hydrogen-bond donors (Lipinski definition) is 1. The fraction of sp³-hybridized carbons (Fsp3) is 0.167. The Balaban J connectivity index is 2.18. The smallest absolute Gasteiger partial charge is 0.257 e. The number of carbonyl (C=O) groups excluding carboxylic acids is 1. The molecular formula is C12H11BrFN3O. The number of benzene rings is 1. The van der Waals surface area contributed by atoms with Gasteiger partial charge in [-0.25, -0.2) is 9.37 Å². The van der Waals surface area contributed by atoms with E-state index in [2.05, 4.69) is 25.9 Å². The van der Waals surface area contributed by atoms with Gasteiger partial charge in [-0.2, -0.15) is 0 Å². The average Bonchev–Trinajstić information content (AvgIpc) is 2.84. The first kappa shape index (κ1) is 12.8. The molecular weight excluding hydrogens is 301 g/mol. The van der Waals surface area contributed by atoms with Gasteiger partial charge in [-0.3, -0.25) is 4.79 Å². The number of rotatable bonds is 3. The van der Waals surface area contributed by atoms with Crippen LogP contribution in [-0.4, -0.2) is 27.8 Å².